The molecular weight excluding hydrogens is 180 g/mol. The lowest BCUT2D eigenvalue weighted by Gasteiger charge is -2.15. The third kappa shape index (κ3) is 2.34. The SMILES string of the molecule is C=CC(=O)N[C@@H]1CN(C(C)=O)C[C@@H]1C. The molecule has 1 aliphatic rings. The van der Waals surface area contributed by atoms with Crippen LogP contribution in [0.5, 0.6) is 0 Å². The zero-order valence-electron chi connectivity index (χ0n) is 8.62. The molecule has 2 atom stereocenters. The molecule has 1 rings (SSSR count). The minimum atomic E-state index is -0.174. The van der Waals surface area contributed by atoms with Crippen molar-refractivity contribution in [3.05, 3.63) is 12.7 Å². The Balaban J connectivity index is 2.52. The van der Waals surface area contributed by atoms with Crippen molar-refractivity contribution < 1.29 is 9.59 Å². The predicted molar refractivity (Wildman–Crippen MR) is 53.5 cm³/mol. The number of likely N-dealkylation sites (tertiary alicyclic amines) is 1. The summed E-state index contributed by atoms with van der Waals surface area (Å²) < 4.78 is 0. The lowest BCUT2D eigenvalue weighted by atomic mass is 10.1. The lowest BCUT2D eigenvalue weighted by molar-refractivity contribution is -0.128. The van der Waals surface area contributed by atoms with Crippen molar-refractivity contribution in [1.29, 1.82) is 0 Å². The summed E-state index contributed by atoms with van der Waals surface area (Å²) in [4.78, 5) is 23.9. The van der Waals surface area contributed by atoms with Gasteiger partial charge in [0, 0.05) is 20.0 Å². The van der Waals surface area contributed by atoms with Crippen LogP contribution in [0.1, 0.15) is 13.8 Å². The third-order valence-corrected chi connectivity index (χ3v) is 2.57. The van der Waals surface area contributed by atoms with Gasteiger partial charge in [0.15, 0.2) is 0 Å². The number of hydrogen-bond donors (Lipinski definition) is 1. The van der Waals surface area contributed by atoms with Crippen molar-refractivity contribution in [2.24, 2.45) is 5.92 Å². The van der Waals surface area contributed by atoms with Gasteiger partial charge < -0.3 is 10.2 Å². The van der Waals surface area contributed by atoms with Crippen LogP contribution in [0.15, 0.2) is 12.7 Å². The van der Waals surface area contributed by atoms with Gasteiger partial charge >= 0.3 is 0 Å². The molecule has 4 nitrogen and oxygen atoms in total. The molecule has 1 heterocycles. The number of hydrogen-bond acceptors (Lipinski definition) is 2. The number of nitrogens with one attached hydrogen (secondary N) is 1. The molecule has 0 radical (unpaired) electrons. The number of rotatable bonds is 2. The van der Waals surface area contributed by atoms with E-state index >= 15 is 0 Å². The van der Waals surface area contributed by atoms with Gasteiger partial charge in [0.05, 0.1) is 6.04 Å². The Morgan fingerprint density at radius 2 is 2.14 bits per heavy atom. The van der Waals surface area contributed by atoms with Gasteiger partial charge in [-0.15, -0.1) is 0 Å². The molecule has 0 aliphatic carbocycles. The molecule has 0 aromatic heterocycles. The van der Waals surface area contributed by atoms with Crippen molar-refractivity contribution in [2.45, 2.75) is 19.9 Å². The first-order chi connectivity index (χ1) is 6.54. The highest BCUT2D eigenvalue weighted by molar-refractivity contribution is 5.87. The Morgan fingerprint density at radius 3 is 2.57 bits per heavy atom. The molecule has 0 spiro atoms. The van der Waals surface area contributed by atoms with Crippen LogP contribution in [0.3, 0.4) is 0 Å². The van der Waals surface area contributed by atoms with Gasteiger partial charge in [-0.2, -0.15) is 0 Å². The summed E-state index contributed by atoms with van der Waals surface area (Å²) >= 11 is 0. The van der Waals surface area contributed by atoms with Crippen LogP contribution in [-0.2, 0) is 9.59 Å². The van der Waals surface area contributed by atoms with Crippen LogP contribution in [-0.4, -0.2) is 35.8 Å². The first kappa shape index (κ1) is 10.8. The van der Waals surface area contributed by atoms with Crippen molar-refractivity contribution in [1.82, 2.24) is 10.2 Å². The molecule has 4 heteroatoms. The molecule has 0 aromatic rings. The third-order valence-electron chi connectivity index (χ3n) is 2.57. The summed E-state index contributed by atoms with van der Waals surface area (Å²) in [6.07, 6.45) is 1.25. The van der Waals surface area contributed by atoms with E-state index in [9.17, 15) is 9.59 Å². The van der Waals surface area contributed by atoms with Crippen molar-refractivity contribution in [3.8, 4) is 0 Å². The molecule has 14 heavy (non-hydrogen) atoms. The van der Waals surface area contributed by atoms with Gasteiger partial charge in [-0.3, -0.25) is 9.59 Å². The fourth-order valence-corrected chi connectivity index (χ4v) is 1.65. The maximum absolute atomic E-state index is 11.1. The fraction of sp³-hybridized carbons (Fsp3) is 0.600. The molecule has 2 amide bonds. The number of amides is 2. The van der Waals surface area contributed by atoms with E-state index in [-0.39, 0.29) is 17.9 Å². The van der Waals surface area contributed by atoms with E-state index in [1.165, 1.54) is 6.08 Å². The van der Waals surface area contributed by atoms with Gasteiger partial charge in [0.25, 0.3) is 0 Å². The molecular formula is C10H16N2O2. The summed E-state index contributed by atoms with van der Waals surface area (Å²) in [5.41, 5.74) is 0. The van der Waals surface area contributed by atoms with Crippen LogP contribution < -0.4 is 5.32 Å². The molecule has 0 saturated carbocycles. The number of carbonyl (C=O) groups excluding carboxylic acids is 2. The molecule has 1 fully saturated rings. The number of carbonyl (C=O) groups is 2. The monoisotopic (exact) mass is 196 g/mol. The lowest BCUT2D eigenvalue weighted by Crippen LogP contribution is -2.39. The first-order valence-electron chi connectivity index (χ1n) is 4.73. The van der Waals surface area contributed by atoms with Crippen molar-refractivity contribution in [3.63, 3.8) is 0 Å². The minimum Gasteiger partial charge on any atom is -0.348 e. The summed E-state index contributed by atoms with van der Waals surface area (Å²) in [7, 11) is 0. The average molecular weight is 196 g/mol. The molecule has 0 bridgehead atoms. The van der Waals surface area contributed by atoms with E-state index in [4.69, 9.17) is 0 Å². The van der Waals surface area contributed by atoms with Crippen molar-refractivity contribution >= 4 is 11.8 Å². The van der Waals surface area contributed by atoms with Crippen molar-refractivity contribution in [2.75, 3.05) is 13.1 Å². The zero-order valence-corrected chi connectivity index (χ0v) is 8.62. The topological polar surface area (TPSA) is 49.4 Å². The molecule has 1 aliphatic heterocycles. The molecule has 1 saturated heterocycles. The van der Waals surface area contributed by atoms with E-state index in [0.29, 0.717) is 12.5 Å². The highest BCUT2D eigenvalue weighted by atomic mass is 16.2. The van der Waals surface area contributed by atoms with E-state index in [1.54, 1.807) is 11.8 Å². The largest absolute Gasteiger partial charge is 0.348 e. The second-order valence-corrected chi connectivity index (χ2v) is 3.72. The Hall–Kier alpha value is -1.32. The average Bonchev–Trinajstić information content (AvgIpc) is 2.48. The molecule has 78 valence electrons. The van der Waals surface area contributed by atoms with Crippen LogP contribution in [0, 0.1) is 5.92 Å². The summed E-state index contributed by atoms with van der Waals surface area (Å²) in [6.45, 7) is 8.29. The van der Waals surface area contributed by atoms with Gasteiger partial charge in [-0.1, -0.05) is 13.5 Å². The Labute approximate surface area is 84.0 Å². The second-order valence-electron chi connectivity index (χ2n) is 3.72. The molecule has 1 N–H and O–H groups in total. The Bertz CT molecular complexity index is 263. The Kier molecular flexibility index (Phi) is 3.28. The molecule has 0 aromatic carbocycles. The zero-order chi connectivity index (χ0) is 10.7. The second kappa shape index (κ2) is 4.26. The Morgan fingerprint density at radius 1 is 1.50 bits per heavy atom. The quantitative estimate of drug-likeness (QED) is 0.639. The first-order valence-corrected chi connectivity index (χ1v) is 4.73. The maximum Gasteiger partial charge on any atom is 0.243 e. The minimum absolute atomic E-state index is 0.0596. The van der Waals surface area contributed by atoms with E-state index in [2.05, 4.69) is 11.9 Å². The van der Waals surface area contributed by atoms with E-state index in [1.807, 2.05) is 6.92 Å². The molecule has 0 unspecified atom stereocenters. The van der Waals surface area contributed by atoms with E-state index < -0.39 is 0 Å². The van der Waals surface area contributed by atoms with Gasteiger partial charge in [-0.25, -0.2) is 0 Å². The van der Waals surface area contributed by atoms with Crippen LogP contribution in [0.2, 0.25) is 0 Å². The summed E-state index contributed by atoms with van der Waals surface area (Å²) in [6, 6.07) is 0.0596. The highest BCUT2D eigenvalue weighted by Crippen LogP contribution is 2.16. The fourth-order valence-electron chi connectivity index (χ4n) is 1.65. The number of nitrogens with zero attached hydrogens (tertiary/aromatic N) is 1. The van der Waals surface area contributed by atoms with Gasteiger partial charge in [0.1, 0.15) is 0 Å². The maximum atomic E-state index is 11.1. The van der Waals surface area contributed by atoms with Crippen LogP contribution in [0.25, 0.3) is 0 Å². The smallest absolute Gasteiger partial charge is 0.243 e. The van der Waals surface area contributed by atoms with Crippen LogP contribution >= 0.6 is 0 Å². The summed E-state index contributed by atoms with van der Waals surface area (Å²) in [5.74, 6) is 0.197. The summed E-state index contributed by atoms with van der Waals surface area (Å²) in [5, 5.41) is 2.81. The standard InChI is InChI=1S/C10H16N2O2/c1-4-10(14)11-9-6-12(8(3)13)5-7(9)2/h4,7,9H,1,5-6H2,2-3H3,(H,11,14)/t7-,9+/m0/s1. The van der Waals surface area contributed by atoms with Gasteiger partial charge in [-0.05, 0) is 12.0 Å². The highest BCUT2D eigenvalue weighted by Gasteiger charge is 2.31. The van der Waals surface area contributed by atoms with Gasteiger partial charge in [0.2, 0.25) is 11.8 Å². The normalized spacial score (nSPS) is 26.0. The van der Waals surface area contributed by atoms with Crippen LogP contribution in [0.4, 0.5) is 0 Å². The van der Waals surface area contributed by atoms with E-state index in [0.717, 1.165) is 6.54 Å². The predicted octanol–water partition coefficient (Wildman–Crippen LogP) is 0.155.